The SMILES string of the molecule is CCOc1cc(OCC)c(C[C@H]2CCCN2CC2CCCCC2)c(C(=O)NCC(C)=Cc2ccc(F)cc2F)c1. The van der Waals surface area contributed by atoms with Crippen LogP contribution in [-0.4, -0.2) is 49.7 Å². The number of rotatable bonds is 12. The average molecular weight is 555 g/mol. The molecular weight excluding hydrogens is 510 g/mol. The molecule has 1 N–H and O–H groups in total. The van der Waals surface area contributed by atoms with Crippen LogP contribution < -0.4 is 14.8 Å². The molecule has 7 heteroatoms. The first kappa shape index (κ1) is 30.0. The quantitative estimate of drug-likeness (QED) is 0.302. The molecule has 1 aliphatic heterocycles. The number of carbonyl (C=O) groups is 1. The molecule has 1 heterocycles. The number of hydrogen-bond acceptors (Lipinski definition) is 4. The van der Waals surface area contributed by atoms with Gasteiger partial charge in [-0.2, -0.15) is 0 Å². The van der Waals surface area contributed by atoms with E-state index in [2.05, 4.69) is 10.2 Å². The van der Waals surface area contributed by atoms with Crippen molar-refractivity contribution in [1.82, 2.24) is 10.2 Å². The third kappa shape index (κ3) is 8.06. The molecule has 218 valence electrons. The molecule has 0 spiro atoms. The van der Waals surface area contributed by atoms with Gasteiger partial charge in [-0.3, -0.25) is 9.69 Å². The largest absolute Gasteiger partial charge is 0.494 e. The smallest absolute Gasteiger partial charge is 0.252 e. The zero-order valence-electron chi connectivity index (χ0n) is 24.2. The summed E-state index contributed by atoms with van der Waals surface area (Å²) in [6, 6.07) is 7.57. The average Bonchev–Trinajstić information content (AvgIpc) is 3.37. The van der Waals surface area contributed by atoms with E-state index in [1.807, 2.05) is 32.9 Å². The van der Waals surface area contributed by atoms with Crippen molar-refractivity contribution in [2.24, 2.45) is 5.92 Å². The lowest BCUT2D eigenvalue weighted by Gasteiger charge is -2.31. The van der Waals surface area contributed by atoms with E-state index in [0.29, 0.717) is 36.3 Å². The molecule has 0 unspecified atom stereocenters. The molecule has 2 aliphatic rings. The Kier molecular flexibility index (Phi) is 11.0. The van der Waals surface area contributed by atoms with Crippen molar-refractivity contribution in [3.8, 4) is 11.5 Å². The highest BCUT2D eigenvalue weighted by Crippen LogP contribution is 2.34. The fraction of sp³-hybridized carbons (Fsp3) is 0.545. The van der Waals surface area contributed by atoms with Crippen molar-refractivity contribution < 1.29 is 23.0 Å². The Morgan fingerprint density at radius 2 is 1.80 bits per heavy atom. The van der Waals surface area contributed by atoms with Gasteiger partial charge in [0.2, 0.25) is 0 Å². The van der Waals surface area contributed by atoms with Gasteiger partial charge in [0, 0.05) is 48.0 Å². The van der Waals surface area contributed by atoms with E-state index in [9.17, 15) is 13.6 Å². The van der Waals surface area contributed by atoms with Crippen LogP contribution in [0.3, 0.4) is 0 Å². The maximum atomic E-state index is 14.1. The number of carbonyl (C=O) groups excluding carboxylic acids is 1. The molecule has 1 atom stereocenters. The van der Waals surface area contributed by atoms with Crippen molar-refractivity contribution in [3.05, 3.63) is 64.2 Å². The Hall–Kier alpha value is -2.93. The Labute approximate surface area is 237 Å². The minimum Gasteiger partial charge on any atom is -0.494 e. The number of halogens is 2. The topological polar surface area (TPSA) is 50.8 Å². The molecule has 1 amide bonds. The summed E-state index contributed by atoms with van der Waals surface area (Å²) in [5.74, 6) is 0.598. The van der Waals surface area contributed by atoms with Crippen LogP contribution in [-0.2, 0) is 6.42 Å². The molecule has 0 aromatic heterocycles. The Morgan fingerprint density at radius 1 is 1.02 bits per heavy atom. The van der Waals surface area contributed by atoms with Crippen molar-refractivity contribution >= 4 is 12.0 Å². The van der Waals surface area contributed by atoms with E-state index in [0.717, 1.165) is 49.1 Å². The molecule has 1 aliphatic carbocycles. The monoisotopic (exact) mass is 554 g/mol. The van der Waals surface area contributed by atoms with Gasteiger partial charge in [-0.05, 0) is 83.5 Å². The van der Waals surface area contributed by atoms with Crippen LogP contribution in [0.2, 0.25) is 0 Å². The highest BCUT2D eigenvalue weighted by atomic mass is 19.1. The van der Waals surface area contributed by atoms with Crippen LogP contribution >= 0.6 is 0 Å². The van der Waals surface area contributed by atoms with Gasteiger partial charge in [-0.1, -0.05) is 30.9 Å². The minimum absolute atomic E-state index is 0.221. The lowest BCUT2D eigenvalue weighted by molar-refractivity contribution is 0.0954. The van der Waals surface area contributed by atoms with E-state index < -0.39 is 11.6 Å². The summed E-state index contributed by atoms with van der Waals surface area (Å²) < 4.78 is 39.3. The molecule has 0 radical (unpaired) electrons. The van der Waals surface area contributed by atoms with Gasteiger partial charge in [-0.15, -0.1) is 0 Å². The molecule has 5 nitrogen and oxygen atoms in total. The lowest BCUT2D eigenvalue weighted by Crippen LogP contribution is -2.36. The van der Waals surface area contributed by atoms with Gasteiger partial charge in [0.15, 0.2) is 0 Å². The van der Waals surface area contributed by atoms with Crippen molar-refractivity contribution in [2.75, 3.05) is 32.8 Å². The van der Waals surface area contributed by atoms with E-state index in [-0.39, 0.29) is 18.0 Å². The molecule has 4 rings (SSSR count). The maximum Gasteiger partial charge on any atom is 0.252 e. The Balaban J connectivity index is 1.55. The summed E-state index contributed by atoms with van der Waals surface area (Å²) in [5.41, 5.74) is 2.50. The number of likely N-dealkylation sites (tertiary alicyclic amines) is 1. The van der Waals surface area contributed by atoms with Gasteiger partial charge >= 0.3 is 0 Å². The van der Waals surface area contributed by atoms with Crippen LogP contribution in [0, 0.1) is 17.6 Å². The van der Waals surface area contributed by atoms with Crippen LogP contribution in [0.4, 0.5) is 8.78 Å². The first-order chi connectivity index (χ1) is 19.4. The number of amides is 1. The second-order valence-electron chi connectivity index (χ2n) is 11.2. The predicted octanol–water partition coefficient (Wildman–Crippen LogP) is 7.18. The minimum atomic E-state index is -0.631. The molecular formula is C33H44F2N2O3. The molecule has 2 aromatic rings. The third-order valence-electron chi connectivity index (χ3n) is 8.09. The van der Waals surface area contributed by atoms with Gasteiger partial charge in [-0.25, -0.2) is 8.78 Å². The number of benzene rings is 2. The number of nitrogens with one attached hydrogen (secondary N) is 1. The Bertz CT molecular complexity index is 1180. The lowest BCUT2D eigenvalue weighted by atomic mass is 9.88. The first-order valence-corrected chi connectivity index (χ1v) is 14.9. The van der Waals surface area contributed by atoms with Crippen molar-refractivity contribution in [2.45, 2.75) is 78.2 Å². The van der Waals surface area contributed by atoms with Gasteiger partial charge in [0.25, 0.3) is 5.91 Å². The third-order valence-corrected chi connectivity index (χ3v) is 8.09. The van der Waals surface area contributed by atoms with Gasteiger partial charge in [0.1, 0.15) is 23.1 Å². The number of ether oxygens (including phenoxy) is 2. The van der Waals surface area contributed by atoms with Crippen LogP contribution in [0.5, 0.6) is 11.5 Å². The predicted molar refractivity (Wildman–Crippen MR) is 156 cm³/mol. The summed E-state index contributed by atoms with van der Waals surface area (Å²) in [5, 5.41) is 3.00. The van der Waals surface area contributed by atoms with Gasteiger partial charge in [0.05, 0.1) is 13.2 Å². The molecule has 1 saturated heterocycles. The number of hydrogen-bond donors (Lipinski definition) is 1. The second kappa shape index (κ2) is 14.6. The summed E-state index contributed by atoms with van der Waals surface area (Å²) in [7, 11) is 0. The molecule has 2 aromatic carbocycles. The fourth-order valence-electron chi connectivity index (χ4n) is 6.12. The fourth-order valence-corrected chi connectivity index (χ4v) is 6.12. The van der Waals surface area contributed by atoms with E-state index in [1.54, 1.807) is 6.08 Å². The summed E-state index contributed by atoms with van der Waals surface area (Å²) in [6.45, 7) is 9.12. The summed E-state index contributed by atoms with van der Waals surface area (Å²) in [6.07, 6.45) is 11.3. The molecule has 2 fully saturated rings. The van der Waals surface area contributed by atoms with Gasteiger partial charge < -0.3 is 14.8 Å². The standard InChI is InChI=1S/C33H44F2N2O3/c1-4-39-28-19-30(33(38)36-21-23(3)16-25-13-14-26(34)17-31(25)35)29(32(20-28)40-5-2)18-27-12-9-15-37(27)22-24-10-7-6-8-11-24/h13-14,16-17,19-20,24,27H,4-12,15,18,21-22H2,1-3H3,(H,36,38)/t27-/m1/s1. The number of nitrogens with zero attached hydrogens (tertiary/aromatic N) is 1. The van der Waals surface area contributed by atoms with Crippen LogP contribution in [0.25, 0.3) is 6.08 Å². The molecule has 1 saturated carbocycles. The highest BCUT2D eigenvalue weighted by molar-refractivity contribution is 5.97. The zero-order valence-corrected chi connectivity index (χ0v) is 24.2. The normalized spacial score (nSPS) is 18.6. The summed E-state index contributed by atoms with van der Waals surface area (Å²) in [4.78, 5) is 16.3. The molecule has 0 bridgehead atoms. The second-order valence-corrected chi connectivity index (χ2v) is 11.2. The van der Waals surface area contributed by atoms with E-state index in [4.69, 9.17) is 9.47 Å². The van der Waals surface area contributed by atoms with Crippen LogP contribution in [0.1, 0.15) is 87.2 Å². The Morgan fingerprint density at radius 3 is 2.52 bits per heavy atom. The van der Waals surface area contributed by atoms with Crippen LogP contribution in [0.15, 0.2) is 35.9 Å². The highest BCUT2D eigenvalue weighted by Gasteiger charge is 2.30. The summed E-state index contributed by atoms with van der Waals surface area (Å²) >= 11 is 0. The maximum absolute atomic E-state index is 14.1. The first-order valence-electron chi connectivity index (χ1n) is 14.9. The van der Waals surface area contributed by atoms with E-state index in [1.165, 1.54) is 50.7 Å². The van der Waals surface area contributed by atoms with Crippen molar-refractivity contribution in [1.29, 1.82) is 0 Å². The zero-order chi connectivity index (χ0) is 28.5. The van der Waals surface area contributed by atoms with E-state index >= 15 is 0 Å². The molecule has 40 heavy (non-hydrogen) atoms. The van der Waals surface area contributed by atoms with Crippen molar-refractivity contribution in [3.63, 3.8) is 0 Å².